The molecule has 6 nitrogen and oxygen atoms in total. The first kappa shape index (κ1) is 11.3. The number of aliphatic carboxylic acids is 1. The van der Waals surface area contributed by atoms with E-state index in [9.17, 15) is 13.2 Å². The van der Waals surface area contributed by atoms with E-state index < -0.39 is 28.6 Å². The molecule has 0 bridgehead atoms. The molecule has 1 atom stereocenters. The summed E-state index contributed by atoms with van der Waals surface area (Å²) >= 11 is 0. The molecule has 7 heteroatoms. The second kappa shape index (κ2) is 4.39. The van der Waals surface area contributed by atoms with E-state index in [1.165, 1.54) is 6.92 Å². The van der Waals surface area contributed by atoms with Gasteiger partial charge in [0, 0.05) is 0 Å². The van der Waals surface area contributed by atoms with Crippen molar-refractivity contribution in [3.63, 3.8) is 0 Å². The Morgan fingerprint density at radius 3 is 2.33 bits per heavy atom. The molecule has 0 aliphatic carbocycles. The zero-order valence-corrected chi connectivity index (χ0v) is 7.34. The van der Waals surface area contributed by atoms with Gasteiger partial charge in [0.2, 0.25) is 10.0 Å². The second-order valence-electron chi connectivity index (χ2n) is 2.09. The van der Waals surface area contributed by atoms with Gasteiger partial charge in [-0.1, -0.05) is 0 Å². The van der Waals surface area contributed by atoms with Crippen LogP contribution in [0.1, 0.15) is 6.92 Å². The van der Waals surface area contributed by atoms with Crippen molar-refractivity contribution >= 4 is 16.0 Å². The summed E-state index contributed by atoms with van der Waals surface area (Å²) in [4.78, 5) is 10.2. The van der Waals surface area contributed by atoms with E-state index in [-0.39, 0.29) is 5.75 Å². The molecule has 0 heterocycles. The molecule has 0 radical (unpaired) electrons. The minimum atomic E-state index is -3.57. The van der Waals surface area contributed by atoms with E-state index >= 15 is 0 Å². The Balaban J connectivity index is 4.32. The molecule has 12 heavy (non-hydrogen) atoms. The molecule has 3 N–H and O–H groups in total. The van der Waals surface area contributed by atoms with E-state index in [0.29, 0.717) is 0 Å². The highest BCUT2D eigenvalue weighted by Crippen LogP contribution is 1.89. The topological polar surface area (TPSA) is 104 Å². The first-order valence-corrected chi connectivity index (χ1v) is 4.92. The zero-order valence-electron chi connectivity index (χ0n) is 6.52. The second-order valence-corrected chi connectivity index (χ2v) is 4.14. The van der Waals surface area contributed by atoms with Gasteiger partial charge >= 0.3 is 5.97 Å². The molecule has 0 aromatic heterocycles. The van der Waals surface area contributed by atoms with Crippen LogP contribution in [0.15, 0.2) is 0 Å². The van der Waals surface area contributed by atoms with Gasteiger partial charge in [-0.25, -0.2) is 8.42 Å². The van der Waals surface area contributed by atoms with Gasteiger partial charge in [-0.2, -0.15) is 4.72 Å². The fourth-order valence-electron chi connectivity index (χ4n) is 0.466. The number of sulfonamides is 1. The maximum Gasteiger partial charge on any atom is 0.324 e. The third-order valence-corrected chi connectivity index (χ3v) is 2.59. The summed E-state index contributed by atoms with van der Waals surface area (Å²) in [7, 11) is -3.57. The minimum absolute atomic E-state index is 0.212. The Morgan fingerprint density at radius 2 is 2.08 bits per heavy atom. The molecule has 0 unspecified atom stereocenters. The third-order valence-electron chi connectivity index (χ3n) is 1.18. The lowest BCUT2D eigenvalue weighted by Gasteiger charge is -2.10. The SMILES string of the molecule is CCS(=O)(=O)N[C@H](CO)C(=O)O. The van der Waals surface area contributed by atoms with Gasteiger partial charge in [-0.05, 0) is 6.92 Å². The Morgan fingerprint density at radius 1 is 1.58 bits per heavy atom. The molecule has 0 fully saturated rings. The summed E-state index contributed by atoms with van der Waals surface area (Å²) in [6.45, 7) is 0.618. The number of aliphatic hydroxyl groups excluding tert-OH is 1. The van der Waals surface area contributed by atoms with Crippen LogP contribution in [0.4, 0.5) is 0 Å². The minimum Gasteiger partial charge on any atom is -0.480 e. The Bertz CT molecular complexity index is 247. The predicted octanol–water partition coefficient (Wildman–Crippen LogP) is -1.63. The van der Waals surface area contributed by atoms with Gasteiger partial charge in [-0.3, -0.25) is 4.79 Å². The molecule has 0 amide bonds. The van der Waals surface area contributed by atoms with Crippen LogP contribution in [0.25, 0.3) is 0 Å². The molecular formula is C5H11NO5S. The van der Waals surface area contributed by atoms with E-state index in [1.807, 2.05) is 4.72 Å². The number of nitrogens with one attached hydrogen (secondary N) is 1. The Kier molecular flexibility index (Phi) is 4.15. The normalized spacial score (nSPS) is 14.2. The quantitative estimate of drug-likeness (QED) is 0.491. The summed E-state index contributed by atoms with van der Waals surface area (Å²) in [5.74, 6) is -1.61. The fraction of sp³-hybridized carbons (Fsp3) is 0.800. The van der Waals surface area contributed by atoms with Crippen molar-refractivity contribution in [2.45, 2.75) is 13.0 Å². The number of carbonyl (C=O) groups is 1. The first-order valence-electron chi connectivity index (χ1n) is 3.26. The third kappa shape index (κ3) is 3.65. The molecule has 0 saturated heterocycles. The van der Waals surface area contributed by atoms with Crippen molar-refractivity contribution in [1.82, 2.24) is 4.72 Å². The lowest BCUT2D eigenvalue weighted by Crippen LogP contribution is -2.43. The predicted molar refractivity (Wildman–Crippen MR) is 41.1 cm³/mol. The van der Waals surface area contributed by atoms with Crippen molar-refractivity contribution < 1.29 is 23.4 Å². The van der Waals surface area contributed by atoms with E-state index in [0.717, 1.165) is 0 Å². The smallest absolute Gasteiger partial charge is 0.324 e. The largest absolute Gasteiger partial charge is 0.480 e. The van der Waals surface area contributed by atoms with Crippen molar-refractivity contribution in [2.75, 3.05) is 12.4 Å². The molecule has 0 rings (SSSR count). The monoisotopic (exact) mass is 197 g/mol. The molecule has 0 aliphatic heterocycles. The number of aliphatic hydroxyl groups is 1. The van der Waals surface area contributed by atoms with Crippen LogP contribution >= 0.6 is 0 Å². The van der Waals surface area contributed by atoms with Gasteiger partial charge in [-0.15, -0.1) is 0 Å². The van der Waals surface area contributed by atoms with Crippen molar-refractivity contribution in [3.05, 3.63) is 0 Å². The number of carboxylic acids is 1. The van der Waals surface area contributed by atoms with Crippen molar-refractivity contribution in [2.24, 2.45) is 0 Å². The summed E-state index contributed by atoms with van der Waals surface area (Å²) < 4.78 is 23.4. The standard InChI is InChI=1S/C5H11NO5S/c1-2-12(10,11)6-4(3-7)5(8)9/h4,6-7H,2-3H2,1H3,(H,8,9)/t4-/m1/s1. The molecule has 0 spiro atoms. The fourth-order valence-corrected chi connectivity index (χ4v) is 1.24. The summed E-state index contributed by atoms with van der Waals surface area (Å²) in [5, 5.41) is 16.8. The summed E-state index contributed by atoms with van der Waals surface area (Å²) in [5.41, 5.74) is 0. The van der Waals surface area contributed by atoms with E-state index in [2.05, 4.69) is 0 Å². The highest BCUT2D eigenvalue weighted by Gasteiger charge is 2.21. The lowest BCUT2D eigenvalue weighted by atomic mass is 10.3. The number of hydrogen-bond donors (Lipinski definition) is 3. The van der Waals surface area contributed by atoms with Gasteiger partial charge in [0.1, 0.15) is 6.04 Å². The Hall–Kier alpha value is -0.660. The Labute approximate surface area is 70.3 Å². The molecular weight excluding hydrogens is 186 g/mol. The van der Waals surface area contributed by atoms with Gasteiger partial charge in [0.25, 0.3) is 0 Å². The highest BCUT2D eigenvalue weighted by molar-refractivity contribution is 7.89. The number of carboxylic acid groups (broad SMARTS) is 1. The maximum absolute atomic E-state index is 10.8. The van der Waals surface area contributed by atoms with Gasteiger partial charge < -0.3 is 10.2 Å². The molecule has 0 aromatic carbocycles. The van der Waals surface area contributed by atoms with Crippen molar-refractivity contribution in [1.29, 1.82) is 0 Å². The van der Waals surface area contributed by atoms with Crippen LogP contribution in [-0.4, -0.2) is 43.0 Å². The maximum atomic E-state index is 10.8. The lowest BCUT2D eigenvalue weighted by molar-refractivity contribution is -0.139. The van der Waals surface area contributed by atoms with Crippen LogP contribution in [-0.2, 0) is 14.8 Å². The number of rotatable bonds is 5. The van der Waals surface area contributed by atoms with Crippen LogP contribution in [0.3, 0.4) is 0 Å². The van der Waals surface area contributed by atoms with E-state index in [1.54, 1.807) is 0 Å². The molecule has 0 aromatic rings. The van der Waals surface area contributed by atoms with Crippen molar-refractivity contribution in [3.8, 4) is 0 Å². The van der Waals surface area contributed by atoms with Crippen LogP contribution in [0.2, 0.25) is 0 Å². The highest BCUT2D eigenvalue weighted by atomic mass is 32.2. The van der Waals surface area contributed by atoms with Gasteiger partial charge in [0.15, 0.2) is 0 Å². The molecule has 0 saturated carbocycles. The molecule has 72 valence electrons. The average Bonchev–Trinajstić information content (AvgIpc) is 2.00. The van der Waals surface area contributed by atoms with E-state index in [4.69, 9.17) is 10.2 Å². The average molecular weight is 197 g/mol. The molecule has 0 aliphatic rings. The van der Waals surface area contributed by atoms with Gasteiger partial charge in [0.05, 0.1) is 12.4 Å². The number of hydrogen-bond acceptors (Lipinski definition) is 4. The van der Waals surface area contributed by atoms with Crippen LogP contribution in [0.5, 0.6) is 0 Å². The van der Waals surface area contributed by atoms with Crippen LogP contribution < -0.4 is 4.72 Å². The zero-order chi connectivity index (χ0) is 9.78. The van der Waals surface area contributed by atoms with Crippen LogP contribution in [0, 0.1) is 0 Å². The first-order chi connectivity index (χ1) is 5.43. The summed E-state index contributed by atoms with van der Waals surface area (Å²) in [6.07, 6.45) is 0. The summed E-state index contributed by atoms with van der Waals surface area (Å²) in [6, 6.07) is -1.45.